The molecule has 270 valence electrons. The predicted octanol–water partition coefficient (Wildman–Crippen LogP) is 8.95. The summed E-state index contributed by atoms with van der Waals surface area (Å²) < 4.78 is 36.8. The molecule has 1 saturated heterocycles. The average Bonchev–Trinajstić information content (AvgIpc) is 3.21. The normalized spacial score (nSPS) is 14.2. The molecule has 0 radical (unpaired) electrons. The second-order valence-corrected chi connectivity index (χ2v) is 15.4. The maximum absolute atomic E-state index is 14.5. The van der Waals surface area contributed by atoms with E-state index in [2.05, 4.69) is 65.6 Å². The molecule has 0 aliphatic carbocycles. The summed E-state index contributed by atoms with van der Waals surface area (Å²) in [6.45, 7) is 2.41. The fourth-order valence-electron chi connectivity index (χ4n) is 7.32. The first-order chi connectivity index (χ1) is 26.0. The highest BCUT2D eigenvalue weighted by molar-refractivity contribution is 7.93. The Bertz CT molecular complexity index is 2130. The molecular weight excluding hydrogens is 679 g/mol. The van der Waals surface area contributed by atoms with E-state index in [1.165, 1.54) is 16.7 Å². The summed E-state index contributed by atoms with van der Waals surface area (Å²) in [7, 11) is -3.94. The maximum atomic E-state index is 14.5. The quantitative estimate of drug-likeness (QED) is 0.119. The third kappa shape index (κ3) is 8.79. The van der Waals surface area contributed by atoms with Gasteiger partial charge in [-0.2, -0.15) is 0 Å². The molecule has 7 nitrogen and oxygen atoms in total. The van der Waals surface area contributed by atoms with Gasteiger partial charge >= 0.3 is 6.09 Å². The van der Waals surface area contributed by atoms with E-state index in [4.69, 9.17) is 4.74 Å². The Hall–Kier alpha value is -5.44. The lowest BCUT2D eigenvalue weighted by molar-refractivity contribution is 0.0540. The summed E-state index contributed by atoms with van der Waals surface area (Å²) in [6, 6.07) is 53.0. The van der Waals surface area contributed by atoms with Crippen LogP contribution in [-0.2, 0) is 34.3 Å². The van der Waals surface area contributed by atoms with Crippen molar-refractivity contribution >= 4 is 32.6 Å². The van der Waals surface area contributed by atoms with E-state index >= 15 is 0 Å². The third-order valence-corrected chi connectivity index (χ3v) is 12.0. The van der Waals surface area contributed by atoms with Gasteiger partial charge in [-0.1, -0.05) is 146 Å². The number of ether oxygens (including phenoxy) is 1. The number of para-hydroxylation sites is 1. The Labute approximate surface area is 313 Å². The van der Waals surface area contributed by atoms with Gasteiger partial charge in [0.2, 0.25) is 0 Å². The molecule has 1 fully saturated rings. The number of hydrogen-bond donors (Lipinski definition) is 0. The number of rotatable bonds is 13. The van der Waals surface area contributed by atoms with Crippen LogP contribution >= 0.6 is 0 Å². The number of carbonyl (C=O) groups excluding carboxylic acids is 1. The lowest BCUT2D eigenvalue weighted by Gasteiger charge is -2.39. The third-order valence-electron chi connectivity index (χ3n) is 10.0. The molecule has 0 N–H and O–H groups in total. The van der Waals surface area contributed by atoms with E-state index in [1.807, 2.05) is 91.0 Å². The van der Waals surface area contributed by atoms with Crippen molar-refractivity contribution in [3.8, 4) is 0 Å². The fourth-order valence-corrected chi connectivity index (χ4v) is 9.25. The van der Waals surface area contributed by atoms with E-state index in [9.17, 15) is 13.2 Å². The van der Waals surface area contributed by atoms with E-state index in [0.717, 1.165) is 5.39 Å². The standard InChI is InChI=1S/C45H45N3O4S/c49-45(52-35-42(32-36-16-5-1-6-17-36)47(33-37-18-7-2-8-19-37)34-38-20-9-3-10-21-38)46-30-28-41(29-31-46)48(40-24-11-4-12-25-40)53(50,51)44-27-15-23-39-22-13-14-26-43(39)44/h1-27,41-42H,28-35H2/t42-/m1/s1. The molecule has 7 rings (SSSR count). The molecule has 0 bridgehead atoms. The van der Waals surface area contributed by atoms with Crippen molar-refractivity contribution in [1.29, 1.82) is 0 Å². The summed E-state index contributed by atoms with van der Waals surface area (Å²) in [4.78, 5) is 18.2. The van der Waals surface area contributed by atoms with Crippen LogP contribution in [0.2, 0.25) is 0 Å². The molecule has 1 aliphatic heterocycles. The number of hydrogen-bond acceptors (Lipinski definition) is 5. The predicted molar refractivity (Wildman–Crippen MR) is 212 cm³/mol. The molecule has 53 heavy (non-hydrogen) atoms. The largest absolute Gasteiger partial charge is 0.448 e. The zero-order valence-electron chi connectivity index (χ0n) is 29.8. The van der Waals surface area contributed by atoms with Gasteiger partial charge in [0.1, 0.15) is 6.61 Å². The van der Waals surface area contributed by atoms with Crippen molar-refractivity contribution in [2.75, 3.05) is 24.0 Å². The second kappa shape index (κ2) is 16.9. The molecule has 1 amide bonds. The van der Waals surface area contributed by atoms with Crippen LogP contribution in [0.3, 0.4) is 0 Å². The number of amides is 1. The van der Waals surface area contributed by atoms with Crippen LogP contribution in [0.15, 0.2) is 169 Å². The minimum absolute atomic E-state index is 0.0845. The summed E-state index contributed by atoms with van der Waals surface area (Å²) >= 11 is 0. The Morgan fingerprint density at radius 3 is 1.75 bits per heavy atom. The summed E-state index contributed by atoms with van der Waals surface area (Å²) in [6.07, 6.45) is 1.31. The first-order valence-corrected chi connectivity index (χ1v) is 19.7. The number of nitrogens with zero attached hydrogens (tertiary/aromatic N) is 3. The molecule has 8 heteroatoms. The molecule has 1 atom stereocenters. The Morgan fingerprint density at radius 1 is 0.642 bits per heavy atom. The lowest BCUT2D eigenvalue weighted by Crippen LogP contribution is -2.49. The van der Waals surface area contributed by atoms with Gasteiger partial charge in [-0.15, -0.1) is 0 Å². The van der Waals surface area contributed by atoms with Crippen molar-refractivity contribution < 1.29 is 17.9 Å². The lowest BCUT2D eigenvalue weighted by atomic mass is 10.0. The van der Waals surface area contributed by atoms with Gasteiger partial charge in [0.05, 0.1) is 10.6 Å². The smallest absolute Gasteiger partial charge is 0.409 e. The molecule has 0 spiro atoms. The molecule has 1 aliphatic rings. The topological polar surface area (TPSA) is 70.2 Å². The van der Waals surface area contributed by atoms with Gasteiger partial charge in [-0.3, -0.25) is 9.21 Å². The zero-order chi connectivity index (χ0) is 36.5. The Morgan fingerprint density at radius 2 is 1.15 bits per heavy atom. The molecule has 0 unspecified atom stereocenters. The van der Waals surface area contributed by atoms with Crippen LogP contribution in [0.25, 0.3) is 10.8 Å². The van der Waals surface area contributed by atoms with Crippen LogP contribution in [0.1, 0.15) is 29.5 Å². The number of fused-ring (bicyclic) bond motifs is 1. The Kier molecular flexibility index (Phi) is 11.5. The van der Waals surface area contributed by atoms with Gasteiger partial charge in [0.15, 0.2) is 0 Å². The van der Waals surface area contributed by atoms with Crippen molar-refractivity contribution in [2.24, 2.45) is 0 Å². The fraction of sp³-hybridized carbons (Fsp3) is 0.222. The van der Waals surface area contributed by atoms with E-state index in [0.29, 0.717) is 56.5 Å². The van der Waals surface area contributed by atoms with Gasteiger partial charge in [-0.25, -0.2) is 13.2 Å². The van der Waals surface area contributed by atoms with Gasteiger partial charge < -0.3 is 9.64 Å². The SMILES string of the molecule is O=C(OC[C@@H](Cc1ccccc1)N(Cc1ccccc1)Cc1ccccc1)N1CCC(N(c2ccccc2)S(=O)(=O)c2cccc3ccccc23)CC1. The van der Waals surface area contributed by atoms with Crippen LogP contribution in [0.5, 0.6) is 0 Å². The summed E-state index contributed by atoms with van der Waals surface area (Å²) in [5.74, 6) is 0. The molecule has 0 aromatic heterocycles. The zero-order valence-corrected chi connectivity index (χ0v) is 30.6. The number of sulfonamides is 1. The van der Waals surface area contributed by atoms with Crippen LogP contribution in [-0.4, -0.2) is 56.1 Å². The van der Waals surface area contributed by atoms with Gasteiger partial charge in [0.25, 0.3) is 10.0 Å². The first kappa shape index (κ1) is 35.9. The minimum atomic E-state index is -3.94. The highest BCUT2D eigenvalue weighted by Crippen LogP contribution is 2.33. The van der Waals surface area contributed by atoms with Gasteiger partial charge in [-0.05, 0) is 59.5 Å². The van der Waals surface area contributed by atoms with Crippen LogP contribution < -0.4 is 4.31 Å². The van der Waals surface area contributed by atoms with E-state index in [1.54, 1.807) is 21.3 Å². The van der Waals surface area contributed by atoms with Crippen molar-refractivity contribution in [3.05, 3.63) is 180 Å². The van der Waals surface area contributed by atoms with E-state index < -0.39 is 10.0 Å². The molecule has 6 aromatic carbocycles. The number of carbonyl (C=O) groups is 1. The highest BCUT2D eigenvalue weighted by Gasteiger charge is 2.36. The summed E-state index contributed by atoms with van der Waals surface area (Å²) in [5, 5.41) is 1.56. The van der Waals surface area contributed by atoms with Crippen LogP contribution in [0, 0.1) is 0 Å². The number of piperidine rings is 1. The van der Waals surface area contributed by atoms with E-state index in [-0.39, 0.29) is 29.7 Å². The molecular formula is C45H45N3O4S. The number of anilines is 1. The second-order valence-electron chi connectivity index (χ2n) is 13.6. The van der Waals surface area contributed by atoms with Gasteiger partial charge in [0, 0.05) is 43.6 Å². The minimum Gasteiger partial charge on any atom is -0.448 e. The maximum Gasteiger partial charge on any atom is 0.409 e. The number of benzene rings is 6. The summed E-state index contributed by atoms with van der Waals surface area (Å²) in [5.41, 5.74) is 4.17. The number of likely N-dealkylation sites (tertiary alicyclic amines) is 1. The Balaban J connectivity index is 1.08. The van der Waals surface area contributed by atoms with Crippen molar-refractivity contribution in [3.63, 3.8) is 0 Å². The van der Waals surface area contributed by atoms with Crippen LogP contribution in [0.4, 0.5) is 10.5 Å². The molecule has 1 heterocycles. The van der Waals surface area contributed by atoms with Crippen molar-refractivity contribution in [1.82, 2.24) is 9.80 Å². The molecule has 6 aromatic rings. The average molecular weight is 724 g/mol. The highest BCUT2D eigenvalue weighted by atomic mass is 32.2. The first-order valence-electron chi connectivity index (χ1n) is 18.3. The van der Waals surface area contributed by atoms with Crippen molar-refractivity contribution in [2.45, 2.75) is 49.3 Å². The molecule has 0 saturated carbocycles. The monoisotopic (exact) mass is 723 g/mol.